The summed E-state index contributed by atoms with van der Waals surface area (Å²) in [5.41, 5.74) is 0. The molecular formula is C18H33ClN2O2. The van der Waals surface area contributed by atoms with Crippen molar-refractivity contribution in [2.45, 2.75) is 77.0 Å². The molecule has 0 bridgehead atoms. The van der Waals surface area contributed by atoms with Crippen LogP contribution in [-0.2, 0) is 9.53 Å². The number of ether oxygens (including phenoxy) is 1. The minimum Gasteiger partial charge on any atom is -0.378 e. The second-order valence-corrected chi connectivity index (χ2v) is 7.83. The number of nitrogens with one attached hydrogen (secondary N) is 2. The van der Waals surface area contributed by atoms with Crippen molar-refractivity contribution in [2.75, 3.05) is 13.2 Å². The van der Waals surface area contributed by atoms with Gasteiger partial charge in [0.25, 0.3) is 0 Å². The lowest BCUT2D eigenvalue weighted by Gasteiger charge is -2.34. The normalized spacial score (nSPS) is 37.1. The molecule has 2 saturated heterocycles. The van der Waals surface area contributed by atoms with Gasteiger partial charge in [-0.05, 0) is 43.9 Å². The van der Waals surface area contributed by atoms with Crippen LogP contribution in [0.15, 0.2) is 0 Å². The molecule has 3 rings (SSSR count). The molecule has 2 N–H and O–H groups in total. The topological polar surface area (TPSA) is 50.4 Å². The lowest BCUT2D eigenvalue weighted by Crippen LogP contribution is -2.47. The number of hydrogen-bond acceptors (Lipinski definition) is 3. The van der Waals surface area contributed by atoms with Crippen molar-refractivity contribution >= 4 is 18.3 Å². The zero-order valence-corrected chi connectivity index (χ0v) is 15.4. The molecule has 1 saturated carbocycles. The quantitative estimate of drug-likeness (QED) is 0.824. The van der Waals surface area contributed by atoms with E-state index >= 15 is 0 Å². The second-order valence-electron chi connectivity index (χ2n) is 7.83. The molecule has 5 atom stereocenters. The lowest BCUT2D eigenvalue weighted by atomic mass is 9.85. The van der Waals surface area contributed by atoms with E-state index in [0.717, 1.165) is 31.9 Å². The molecule has 3 aliphatic rings. The number of fused-ring (bicyclic) bond motifs is 1. The summed E-state index contributed by atoms with van der Waals surface area (Å²) < 4.78 is 5.92. The highest BCUT2D eigenvalue weighted by atomic mass is 35.5. The zero-order chi connectivity index (χ0) is 15.5. The fourth-order valence-electron chi connectivity index (χ4n) is 4.70. The molecule has 2 heterocycles. The Hall–Kier alpha value is -0.320. The number of carbonyl (C=O) groups is 1. The molecule has 5 heteroatoms. The van der Waals surface area contributed by atoms with E-state index in [9.17, 15) is 4.79 Å². The van der Waals surface area contributed by atoms with E-state index in [4.69, 9.17) is 4.74 Å². The molecule has 134 valence electrons. The van der Waals surface area contributed by atoms with Gasteiger partial charge in [0.05, 0.1) is 12.1 Å². The van der Waals surface area contributed by atoms with Crippen LogP contribution in [0.5, 0.6) is 0 Å². The maximum atomic E-state index is 12.5. The standard InChI is InChI=1S/C18H32N2O2.ClH/c1-12(2)17-14(7-5-9-22-17)11-19-18(21)16-10-13-6-3-4-8-15(13)20-16;/h12-17,20H,3-11H2,1-2H3,(H,19,21);1H. The maximum absolute atomic E-state index is 12.5. The number of carbonyl (C=O) groups excluding carboxylic acids is 1. The summed E-state index contributed by atoms with van der Waals surface area (Å²) in [7, 11) is 0. The first-order valence-corrected chi connectivity index (χ1v) is 9.30. The maximum Gasteiger partial charge on any atom is 0.237 e. The monoisotopic (exact) mass is 344 g/mol. The van der Waals surface area contributed by atoms with E-state index in [2.05, 4.69) is 24.5 Å². The minimum absolute atomic E-state index is 0. The van der Waals surface area contributed by atoms with Gasteiger partial charge < -0.3 is 15.4 Å². The van der Waals surface area contributed by atoms with E-state index < -0.39 is 0 Å². The Bertz CT molecular complexity index is 377. The van der Waals surface area contributed by atoms with Crippen molar-refractivity contribution in [2.24, 2.45) is 17.8 Å². The van der Waals surface area contributed by atoms with Gasteiger partial charge in [-0.1, -0.05) is 26.7 Å². The number of hydrogen-bond donors (Lipinski definition) is 2. The van der Waals surface area contributed by atoms with E-state index in [1.807, 2.05) is 0 Å². The Kier molecular flexibility index (Phi) is 7.18. The van der Waals surface area contributed by atoms with Crippen LogP contribution in [0.4, 0.5) is 0 Å². The number of rotatable bonds is 4. The highest BCUT2D eigenvalue weighted by Gasteiger charge is 2.38. The average Bonchev–Trinajstić information content (AvgIpc) is 2.97. The molecule has 0 aromatic carbocycles. The number of halogens is 1. The van der Waals surface area contributed by atoms with Crippen molar-refractivity contribution in [3.63, 3.8) is 0 Å². The van der Waals surface area contributed by atoms with Gasteiger partial charge in [-0.15, -0.1) is 12.4 Å². The smallest absolute Gasteiger partial charge is 0.237 e. The van der Waals surface area contributed by atoms with Crippen LogP contribution in [0.25, 0.3) is 0 Å². The molecule has 0 aromatic heterocycles. The largest absolute Gasteiger partial charge is 0.378 e. The van der Waals surface area contributed by atoms with Crippen molar-refractivity contribution in [1.29, 1.82) is 0 Å². The Morgan fingerprint density at radius 3 is 2.74 bits per heavy atom. The van der Waals surface area contributed by atoms with Crippen LogP contribution in [0.2, 0.25) is 0 Å². The van der Waals surface area contributed by atoms with Crippen LogP contribution in [0.1, 0.15) is 58.8 Å². The summed E-state index contributed by atoms with van der Waals surface area (Å²) in [5.74, 6) is 1.93. The van der Waals surface area contributed by atoms with Crippen LogP contribution >= 0.6 is 12.4 Å². The SMILES string of the molecule is CC(C)C1OCCCC1CNC(=O)C1CC2CCCCC2N1.Cl. The van der Waals surface area contributed by atoms with Gasteiger partial charge in [0, 0.05) is 25.1 Å². The van der Waals surface area contributed by atoms with Gasteiger partial charge in [0.2, 0.25) is 5.91 Å². The van der Waals surface area contributed by atoms with Crippen molar-refractivity contribution in [1.82, 2.24) is 10.6 Å². The van der Waals surface area contributed by atoms with E-state index in [0.29, 0.717) is 24.0 Å². The molecule has 1 aliphatic carbocycles. The fourth-order valence-corrected chi connectivity index (χ4v) is 4.70. The van der Waals surface area contributed by atoms with E-state index in [-0.39, 0.29) is 24.4 Å². The second kappa shape index (κ2) is 8.68. The Balaban J connectivity index is 0.00000192. The van der Waals surface area contributed by atoms with Crippen molar-refractivity contribution in [3.8, 4) is 0 Å². The van der Waals surface area contributed by atoms with E-state index in [1.54, 1.807) is 0 Å². The van der Waals surface area contributed by atoms with Crippen LogP contribution in [0.3, 0.4) is 0 Å². The predicted molar refractivity (Wildman–Crippen MR) is 94.8 cm³/mol. The first kappa shape index (κ1) is 19.0. The number of amides is 1. The zero-order valence-electron chi connectivity index (χ0n) is 14.6. The molecule has 0 aromatic rings. The highest BCUT2D eigenvalue weighted by molar-refractivity contribution is 5.85. The fraction of sp³-hybridized carbons (Fsp3) is 0.944. The highest BCUT2D eigenvalue weighted by Crippen LogP contribution is 2.33. The van der Waals surface area contributed by atoms with Crippen LogP contribution in [-0.4, -0.2) is 37.2 Å². The lowest BCUT2D eigenvalue weighted by molar-refractivity contribution is -0.124. The summed E-state index contributed by atoms with van der Waals surface area (Å²) in [6, 6.07) is 0.626. The predicted octanol–water partition coefficient (Wildman–Crippen LogP) is 2.90. The van der Waals surface area contributed by atoms with Gasteiger partial charge in [0.1, 0.15) is 0 Å². The molecule has 0 spiro atoms. The molecule has 3 fully saturated rings. The molecule has 1 amide bonds. The Labute approximate surface area is 146 Å². The Morgan fingerprint density at radius 1 is 1.22 bits per heavy atom. The van der Waals surface area contributed by atoms with Gasteiger partial charge in [-0.2, -0.15) is 0 Å². The minimum atomic E-state index is 0. The third kappa shape index (κ3) is 4.61. The molecule has 23 heavy (non-hydrogen) atoms. The average molecular weight is 345 g/mol. The molecular weight excluding hydrogens is 312 g/mol. The van der Waals surface area contributed by atoms with Crippen LogP contribution < -0.4 is 10.6 Å². The summed E-state index contributed by atoms with van der Waals surface area (Å²) in [6.07, 6.45) is 8.83. The van der Waals surface area contributed by atoms with Crippen LogP contribution in [0, 0.1) is 17.8 Å². The molecule has 2 aliphatic heterocycles. The van der Waals surface area contributed by atoms with Crippen molar-refractivity contribution in [3.05, 3.63) is 0 Å². The summed E-state index contributed by atoms with van der Waals surface area (Å²) in [5, 5.41) is 6.78. The van der Waals surface area contributed by atoms with Gasteiger partial charge >= 0.3 is 0 Å². The van der Waals surface area contributed by atoms with Gasteiger partial charge in [-0.25, -0.2) is 0 Å². The Morgan fingerprint density at radius 2 is 2.00 bits per heavy atom. The third-order valence-electron chi connectivity index (χ3n) is 5.87. The van der Waals surface area contributed by atoms with E-state index in [1.165, 1.54) is 32.1 Å². The molecule has 0 radical (unpaired) electrons. The van der Waals surface area contributed by atoms with Gasteiger partial charge in [0.15, 0.2) is 0 Å². The summed E-state index contributed by atoms with van der Waals surface area (Å²) in [6.45, 7) is 6.08. The van der Waals surface area contributed by atoms with Crippen molar-refractivity contribution < 1.29 is 9.53 Å². The van der Waals surface area contributed by atoms with Gasteiger partial charge in [-0.3, -0.25) is 4.79 Å². The first-order chi connectivity index (χ1) is 10.6. The summed E-state index contributed by atoms with van der Waals surface area (Å²) in [4.78, 5) is 12.5. The third-order valence-corrected chi connectivity index (χ3v) is 5.87. The molecule has 5 unspecified atom stereocenters. The summed E-state index contributed by atoms with van der Waals surface area (Å²) >= 11 is 0. The first-order valence-electron chi connectivity index (χ1n) is 9.30. The molecule has 4 nitrogen and oxygen atoms in total.